The quantitative estimate of drug-likeness (QED) is 0.530. The van der Waals surface area contributed by atoms with Crippen molar-refractivity contribution in [2.45, 2.75) is 25.3 Å². The van der Waals surface area contributed by atoms with Crippen LogP contribution in [0.1, 0.15) is 23.1 Å². The number of aryl methyl sites for hydroxylation is 2. The number of hydrogen-bond donors (Lipinski definition) is 2. The molecule has 0 saturated carbocycles. The van der Waals surface area contributed by atoms with Crippen LogP contribution in [0.5, 0.6) is 0 Å². The highest BCUT2D eigenvalue weighted by Crippen LogP contribution is 2.41. The molecule has 2 aliphatic rings. The van der Waals surface area contributed by atoms with E-state index in [2.05, 4.69) is 33.2 Å². The number of rotatable bonds is 3. The number of carbonyl (C=O) groups excluding carboxylic acids is 3. The topological polar surface area (TPSA) is 78.5 Å². The Bertz CT molecular complexity index is 975. The van der Waals surface area contributed by atoms with Crippen LogP contribution < -0.4 is 10.6 Å². The molecule has 6 nitrogen and oxygen atoms in total. The lowest BCUT2D eigenvalue weighted by Crippen LogP contribution is -2.43. The van der Waals surface area contributed by atoms with Crippen molar-refractivity contribution < 1.29 is 14.4 Å². The molecule has 0 aromatic heterocycles. The molecule has 4 amide bonds. The summed E-state index contributed by atoms with van der Waals surface area (Å²) in [6, 6.07) is 12.8. The standard InChI is InChI=1S/C20H18IN3O3/c1-12-10-14(21)6-7-16(12)22-17(25)11-24-18(26)20(23-19(24)27)9-8-13-4-2-3-5-15(13)20/h2-7,10H,8-9,11H2,1H3,(H,22,25)(H,23,27). The number of nitrogens with zero attached hydrogens (tertiary/aromatic N) is 1. The van der Waals surface area contributed by atoms with E-state index in [9.17, 15) is 14.4 Å². The van der Waals surface area contributed by atoms with Crippen LogP contribution in [0.15, 0.2) is 42.5 Å². The van der Waals surface area contributed by atoms with Gasteiger partial charge in [-0.05, 0) is 77.2 Å². The van der Waals surface area contributed by atoms with Crippen LogP contribution in [0, 0.1) is 10.5 Å². The third kappa shape index (κ3) is 2.99. The number of urea groups is 1. The molecule has 7 heteroatoms. The molecule has 1 fully saturated rings. The first kappa shape index (κ1) is 18.0. The summed E-state index contributed by atoms with van der Waals surface area (Å²) in [6.07, 6.45) is 1.25. The third-order valence-corrected chi connectivity index (χ3v) is 5.86. The van der Waals surface area contributed by atoms with Crippen molar-refractivity contribution >= 4 is 46.1 Å². The van der Waals surface area contributed by atoms with Crippen LogP contribution in [-0.2, 0) is 21.5 Å². The molecule has 1 aliphatic heterocycles. The van der Waals surface area contributed by atoms with Crippen LogP contribution in [0.25, 0.3) is 0 Å². The minimum Gasteiger partial charge on any atom is -0.324 e. The van der Waals surface area contributed by atoms with E-state index < -0.39 is 17.5 Å². The van der Waals surface area contributed by atoms with Gasteiger partial charge in [0.1, 0.15) is 12.1 Å². The van der Waals surface area contributed by atoms with E-state index in [0.717, 1.165) is 31.6 Å². The largest absolute Gasteiger partial charge is 0.325 e. The molecule has 1 atom stereocenters. The van der Waals surface area contributed by atoms with Crippen molar-refractivity contribution in [3.05, 3.63) is 62.7 Å². The van der Waals surface area contributed by atoms with Gasteiger partial charge in [-0.15, -0.1) is 0 Å². The Morgan fingerprint density at radius 1 is 1.26 bits per heavy atom. The van der Waals surface area contributed by atoms with E-state index in [1.54, 1.807) is 0 Å². The van der Waals surface area contributed by atoms with E-state index in [1.165, 1.54) is 0 Å². The number of hydrogen-bond acceptors (Lipinski definition) is 3. The summed E-state index contributed by atoms with van der Waals surface area (Å²) in [5.74, 6) is -0.752. The molecule has 1 aliphatic carbocycles. The molecule has 2 aromatic rings. The van der Waals surface area contributed by atoms with Crippen molar-refractivity contribution in [2.75, 3.05) is 11.9 Å². The number of benzene rings is 2. The van der Waals surface area contributed by atoms with Gasteiger partial charge in [0, 0.05) is 9.26 Å². The second-order valence-corrected chi connectivity index (χ2v) is 8.14. The van der Waals surface area contributed by atoms with Gasteiger partial charge in [0.2, 0.25) is 5.91 Å². The van der Waals surface area contributed by atoms with E-state index in [0.29, 0.717) is 12.1 Å². The molecule has 2 aromatic carbocycles. The maximum absolute atomic E-state index is 13.1. The molecule has 1 spiro atoms. The molecule has 1 heterocycles. The fraction of sp³-hybridized carbons (Fsp3) is 0.250. The second kappa shape index (κ2) is 6.63. The molecular weight excluding hydrogens is 457 g/mol. The number of halogens is 1. The molecule has 2 N–H and O–H groups in total. The zero-order valence-electron chi connectivity index (χ0n) is 14.7. The number of amides is 4. The molecule has 4 rings (SSSR count). The molecule has 0 radical (unpaired) electrons. The van der Waals surface area contributed by atoms with Crippen LogP contribution in [-0.4, -0.2) is 29.3 Å². The summed E-state index contributed by atoms with van der Waals surface area (Å²) in [7, 11) is 0. The van der Waals surface area contributed by atoms with Gasteiger partial charge in [-0.2, -0.15) is 0 Å². The molecule has 0 bridgehead atoms. The number of carbonyl (C=O) groups is 3. The predicted molar refractivity (Wildman–Crippen MR) is 109 cm³/mol. The van der Waals surface area contributed by atoms with Crippen LogP contribution in [0.3, 0.4) is 0 Å². The van der Waals surface area contributed by atoms with Gasteiger partial charge in [0.25, 0.3) is 5.91 Å². The Hall–Kier alpha value is -2.42. The fourth-order valence-corrected chi connectivity index (χ4v) is 4.48. The van der Waals surface area contributed by atoms with Gasteiger partial charge in [-0.1, -0.05) is 24.3 Å². The monoisotopic (exact) mass is 475 g/mol. The van der Waals surface area contributed by atoms with Crippen molar-refractivity contribution in [3.63, 3.8) is 0 Å². The predicted octanol–water partition coefficient (Wildman–Crippen LogP) is 2.93. The van der Waals surface area contributed by atoms with Gasteiger partial charge >= 0.3 is 6.03 Å². The first-order valence-corrected chi connectivity index (χ1v) is 9.77. The maximum atomic E-state index is 13.1. The number of imide groups is 1. The van der Waals surface area contributed by atoms with Crippen molar-refractivity contribution in [2.24, 2.45) is 0 Å². The van der Waals surface area contributed by atoms with Crippen LogP contribution in [0.4, 0.5) is 10.5 Å². The molecule has 1 saturated heterocycles. The zero-order valence-corrected chi connectivity index (χ0v) is 16.9. The van der Waals surface area contributed by atoms with E-state index in [-0.39, 0.29) is 12.5 Å². The van der Waals surface area contributed by atoms with Crippen LogP contribution >= 0.6 is 22.6 Å². The Morgan fingerprint density at radius 3 is 2.81 bits per heavy atom. The van der Waals surface area contributed by atoms with Gasteiger partial charge < -0.3 is 10.6 Å². The lowest BCUT2D eigenvalue weighted by Gasteiger charge is -2.22. The molecule has 138 valence electrons. The van der Waals surface area contributed by atoms with Crippen molar-refractivity contribution in [3.8, 4) is 0 Å². The highest BCUT2D eigenvalue weighted by Gasteiger charge is 2.55. The van der Waals surface area contributed by atoms with Gasteiger partial charge in [-0.3, -0.25) is 14.5 Å². The summed E-state index contributed by atoms with van der Waals surface area (Å²) in [5, 5.41) is 5.62. The van der Waals surface area contributed by atoms with Crippen molar-refractivity contribution in [1.82, 2.24) is 10.2 Å². The second-order valence-electron chi connectivity index (χ2n) is 6.89. The van der Waals surface area contributed by atoms with E-state index >= 15 is 0 Å². The molecular formula is C20H18IN3O3. The first-order chi connectivity index (χ1) is 12.9. The highest BCUT2D eigenvalue weighted by atomic mass is 127. The number of nitrogens with one attached hydrogen (secondary N) is 2. The van der Waals surface area contributed by atoms with E-state index in [4.69, 9.17) is 0 Å². The normalized spacial score (nSPS) is 20.7. The summed E-state index contributed by atoms with van der Waals surface area (Å²) in [6.45, 7) is 1.59. The number of anilines is 1. The average molecular weight is 475 g/mol. The Kier molecular flexibility index (Phi) is 4.41. The third-order valence-electron chi connectivity index (χ3n) is 5.19. The van der Waals surface area contributed by atoms with Gasteiger partial charge in [-0.25, -0.2) is 4.79 Å². The highest BCUT2D eigenvalue weighted by molar-refractivity contribution is 14.1. The van der Waals surface area contributed by atoms with Gasteiger partial charge in [0.15, 0.2) is 0 Å². The fourth-order valence-electron chi connectivity index (χ4n) is 3.83. The van der Waals surface area contributed by atoms with Gasteiger partial charge in [0.05, 0.1) is 0 Å². The Labute approximate surface area is 170 Å². The van der Waals surface area contributed by atoms with Crippen molar-refractivity contribution in [1.29, 1.82) is 0 Å². The molecule has 27 heavy (non-hydrogen) atoms. The summed E-state index contributed by atoms with van der Waals surface area (Å²) >= 11 is 2.20. The van der Waals surface area contributed by atoms with E-state index in [1.807, 2.05) is 49.4 Å². The minimum atomic E-state index is -1.03. The van der Waals surface area contributed by atoms with Crippen LogP contribution in [0.2, 0.25) is 0 Å². The summed E-state index contributed by atoms with van der Waals surface area (Å²) in [4.78, 5) is 39.0. The minimum absolute atomic E-state index is 0.306. The lowest BCUT2D eigenvalue weighted by molar-refractivity contribution is -0.134. The zero-order chi connectivity index (χ0) is 19.2. The summed E-state index contributed by atoms with van der Waals surface area (Å²) < 4.78 is 1.07. The number of fused-ring (bicyclic) bond motifs is 2. The Morgan fingerprint density at radius 2 is 2.04 bits per heavy atom. The average Bonchev–Trinajstić information content (AvgIpc) is 3.11. The lowest BCUT2D eigenvalue weighted by atomic mass is 9.92. The first-order valence-electron chi connectivity index (χ1n) is 8.69. The molecule has 1 unspecified atom stereocenters. The smallest absolute Gasteiger partial charge is 0.324 e. The SMILES string of the molecule is Cc1cc(I)ccc1NC(=O)CN1C(=O)NC2(CCc3ccccc32)C1=O. The maximum Gasteiger partial charge on any atom is 0.325 e. The Balaban J connectivity index is 1.53. The summed E-state index contributed by atoms with van der Waals surface area (Å²) in [5.41, 5.74) is 2.46.